The smallest absolute Gasteiger partial charge is 0.277 e. The Bertz CT molecular complexity index is 1480. The van der Waals surface area contributed by atoms with Crippen LogP contribution in [0.5, 0.6) is 0 Å². The highest BCUT2D eigenvalue weighted by molar-refractivity contribution is 6.08. The molecule has 4 aromatic heterocycles. The van der Waals surface area contributed by atoms with Gasteiger partial charge in [0.25, 0.3) is 5.91 Å². The molecule has 1 aliphatic heterocycles. The van der Waals surface area contributed by atoms with E-state index < -0.39 is 5.60 Å². The van der Waals surface area contributed by atoms with Crippen molar-refractivity contribution in [1.29, 1.82) is 0 Å². The van der Waals surface area contributed by atoms with Crippen molar-refractivity contribution in [3.05, 3.63) is 71.6 Å². The second-order valence-electron chi connectivity index (χ2n) is 10.1. The van der Waals surface area contributed by atoms with Gasteiger partial charge in [-0.3, -0.25) is 4.79 Å². The van der Waals surface area contributed by atoms with E-state index >= 15 is 0 Å². The van der Waals surface area contributed by atoms with Crippen molar-refractivity contribution in [3.63, 3.8) is 0 Å². The third-order valence-electron chi connectivity index (χ3n) is 6.86. The third-order valence-corrected chi connectivity index (χ3v) is 6.86. The molecule has 6 rings (SSSR count). The summed E-state index contributed by atoms with van der Waals surface area (Å²) in [5, 5.41) is 21.4. The monoisotopic (exact) mass is 502 g/mol. The first-order valence-electron chi connectivity index (χ1n) is 12.3. The molecule has 1 fully saturated rings. The Kier molecular flexibility index (Phi) is 5.52. The predicted octanol–water partition coefficient (Wildman–Crippen LogP) is 3.49. The first-order valence-corrected chi connectivity index (χ1v) is 12.3. The van der Waals surface area contributed by atoms with Crippen LogP contribution in [0.1, 0.15) is 54.9 Å². The molecular weight excluding hydrogens is 475 g/mol. The van der Waals surface area contributed by atoms with Crippen LogP contribution in [0.15, 0.2) is 48.8 Å². The van der Waals surface area contributed by atoms with Gasteiger partial charge in [-0.15, -0.1) is 5.10 Å². The minimum Gasteiger partial charge on any atom is -0.384 e. The largest absolute Gasteiger partial charge is 0.384 e. The fraction of sp³-hybridized carbons (Fsp3) is 0.346. The number of pyridine rings is 3. The number of carbonyl (C=O) groups excluding carboxylic acids is 1. The lowest BCUT2D eigenvalue weighted by molar-refractivity contribution is 0.0735. The number of nitrogens with one attached hydrogen (secondary N) is 2. The second-order valence-corrected chi connectivity index (χ2v) is 10.1. The van der Waals surface area contributed by atoms with Crippen LogP contribution in [0, 0.1) is 5.82 Å². The Labute approximate surface area is 212 Å². The van der Waals surface area contributed by atoms with E-state index in [-0.39, 0.29) is 23.8 Å². The van der Waals surface area contributed by atoms with E-state index in [9.17, 15) is 14.3 Å². The van der Waals surface area contributed by atoms with Crippen molar-refractivity contribution >= 4 is 29.0 Å². The Morgan fingerprint density at radius 2 is 1.89 bits per heavy atom. The molecule has 0 aromatic carbocycles. The lowest BCUT2D eigenvalue weighted by Crippen LogP contribution is -2.25. The summed E-state index contributed by atoms with van der Waals surface area (Å²) in [6, 6.07) is 10.5. The summed E-state index contributed by atoms with van der Waals surface area (Å²) in [6.07, 6.45) is 6.00. The number of anilines is 3. The maximum absolute atomic E-state index is 13.4. The van der Waals surface area contributed by atoms with Crippen LogP contribution in [0.2, 0.25) is 0 Å². The number of hydrogen-bond donors (Lipinski definition) is 3. The lowest BCUT2D eigenvalue weighted by atomic mass is 10.0. The van der Waals surface area contributed by atoms with Gasteiger partial charge in [0.15, 0.2) is 5.65 Å². The van der Waals surface area contributed by atoms with Gasteiger partial charge in [0, 0.05) is 29.9 Å². The van der Waals surface area contributed by atoms with Crippen LogP contribution in [-0.4, -0.2) is 47.7 Å². The average molecular weight is 503 g/mol. The van der Waals surface area contributed by atoms with E-state index in [1.165, 1.54) is 12.1 Å². The number of rotatable bonds is 6. The summed E-state index contributed by atoms with van der Waals surface area (Å²) in [4.78, 5) is 27.9. The molecule has 0 unspecified atom stereocenters. The summed E-state index contributed by atoms with van der Waals surface area (Å²) in [5.74, 6) is 0.684. The minimum atomic E-state index is -1.12. The van der Waals surface area contributed by atoms with Gasteiger partial charge in [-0.2, -0.15) is 4.98 Å². The van der Waals surface area contributed by atoms with Crippen molar-refractivity contribution in [3.8, 4) is 0 Å². The van der Waals surface area contributed by atoms with Gasteiger partial charge in [-0.1, -0.05) is 6.07 Å². The van der Waals surface area contributed by atoms with Crippen molar-refractivity contribution in [2.45, 2.75) is 57.3 Å². The molecule has 0 saturated heterocycles. The zero-order valence-corrected chi connectivity index (χ0v) is 20.5. The Balaban J connectivity index is 1.07. The van der Waals surface area contributed by atoms with E-state index in [0.717, 1.165) is 30.6 Å². The van der Waals surface area contributed by atoms with Crippen LogP contribution < -0.4 is 15.5 Å². The number of amides is 1. The predicted molar refractivity (Wildman–Crippen MR) is 136 cm³/mol. The van der Waals surface area contributed by atoms with Crippen LogP contribution in [0.25, 0.3) is 5.65 Å². The summed E-state index contributed by atoms with van der Waals surface area (Å²) in [7, 11) is 0. The zero-order chi connectivity index (χ0) is 25.7. The standard InChI is InChI=1S/C26H27FN8O2/c1-26(2,37)20-7-3-15-14-34(24(36)23(15)31-20)19-6-8-21(28-13-19)29-17-4-5-18(12-17)30-25-32-22-11-16(27)9-10-35(22)33-25/h3,6-11,13,17-18,37H,4-5,12,14H2,1-2H3,(H,28,29)(H,30,33)/t17-,18-/m0/s1. The molecule has 3 N–H and O–H groups in total. The molecule has 1 saturated carbocycles. The van der Waals surface area contributed by atoms with Gasteiger partial charge in [-0.05, 0) is 57.4 Å². The number of nitrogens with zero attached hydrogens (tertiary/aromatic N) is 6. The van der Waals surface area contributed by atoms with E-state index in [0.29, 0.717) is 35.2 Å². The van der Waals surface area contributed by atoms with Gasteiger partial charge in [0.1, 0.15) is 22.9 Å². The molecule has 10 nitrogen and oxygen atoms in total. The SMILES string of the molecule is CC(C)(O)c1ccc2c(n1)C(=O)N(c1ccc(N[C@H]3CC[C@H](Nc4nc5cc(F)ccn5n4)C3)nc1)C2. The molecular formula is C26H27FN8O2. The van der Waals surface area contributed by atoms with E-state index in [4.69, 9.17) is 0 Å². The zero-order valence-electron chi connectivity index (χ0n) is 20.5. The lowest BCUT2D eigenvalue weighted by Gasteiger charge is -2.17. The quantitative estimate of drug-likeness (QED) is 0.367. The normalized spacial score (nSPS) is 19.5. The molecule has 0 spiro atoms. The van der Waals surface area contributed by atoms with Gasteiger partial charge in [-0.25, -0.2) is 18.9 Å². The molecule has 0 radical (unpaired) electrons. The number of hydrogen-bond acceptors (Lipinski definition) is 8. The Hall–Kier alpha value is -4.12. The number of aliphatic hydroxyl groups is 1. The highest BCUT2D eigenvalue weighted by Gasteiger charge is 2.32. The molecule has 37 heavy (non-hydrogen) atoms. The van der Waals surface area contributed by atoms with Crippen molar-refractivity contribution in [1.82, 2.24) is 24.6 Å². The summed E-state index contributed by atoms with van der Waals surface area (Å²) in [5.41, 5.74) is 1.71. The Morgan fingerprint density at radius 3 is 2.65 bits per heavy atom. The van der Waals surface area contributed by atoms with Crippen molar-refractivity contribution < 1.29 is 14.3 Å². The summed E-state index contributed by atoms with van der Waals surface area (Å²) >= 11 is 0. The number of fused-ring (bicyclic) bond motifs is 2. The molecule has 1 amide bonds. The van der Waals surface area contributed by atoms with Crippen molar-refractivity contribution in [2.24, 2.45) is 0 Å². The van der Waals surface area contributed by atoms with Gasteiger partial charge < -0.3 is 20.6 Å². The molecule has 2 aliphatic rings. The number of halogens is 1. The van der Waals surface area contributed by atoms with Crippen LogP contribution in [0.4, 0.5) is 21.8 Å². The van der Waals surface area contributed by atoms with E-state index in [2.05, 4.69) is 30.7 Å². The minimum absolute atomic E-state index is 0.195. The molecule has 5 heterocycles. The molecule has 2 atom stereocenters. The fourth-order valence-electron chi connectivity index (χ4n) is 4.90. The number of aromatic nitrogens is 5. The highest BCUT2D eigenvalue weighted by atomic mass is 19.1. The van der Waals surface area contributed by atoms with E-state index in [1.54, 1.807) is 41.7 Å². The third kappa shape index (κ3) is 4.57. The molecule has 1 aliphatic carbocycles. The molecule has 4 aromatic rings. The van der Waals surface area contributed by atoms with Gasteiger partial charge in [0.2, 0.25) is 5.95 Å². The first kappa shape index (κ1) is 23.3. The maximum atomic E-state index is 13.4. The fourth-order valence-corrected chi connectivity index (χ4v) is 4.90. The second kappa shape index (κ2) is 8.77. The topological polar surface area (TPSA) is 121 Å². The molecule has 190 valence electrons. The average Bonchev–Trinajstić information content (AvgIpc) is 3.56. The molecule has 0 bridgehead atoms. The highest BCUT2D eigenvalue weighted by Crippen LogP contribution is 2.30. The van der Waals surface area contributed by atoms with Crippen LogP contribution in [0.3, 0.4) is 0 Å². The van der Waals surface area contributed by atoms with Crippen LogP contribution >= 0.6 is 0 Å². The first-order chi connectivity index (χ1) is 17.7. The van der Waals surface area contributed by atoms with Crippen LogP contribution in [-0.2, 0) is 12.1 Å². The summed E-state index contributed by atoms with van der Waals surface area (Å²) in [6.45, 7) is 3.72. The summed E-state index contributed by atoms with van der Waals surface area (Å²) < 4.78 is 15.0. The number of carbonyl (C=O) groups is 1. The van der Waals surface area contributed by atoms with E-state index in [1.807, 2.05) is 18.2 Å². The van der Waals surface area contributed by atoms with Gasteiger partial charge in [0.05, 0.1) is 24.1 Å². The van der Waals surface area contributed by atoms with Crippen molar-refractivity contribution in [2.75, 3.05) is 15.5 Å². The Morgan fingerprint density at radius 1 is 1.08 bits per heavy atom. The van der Waals surface area contributed by atoms with Gasteiger partial charge >= 0.3 is 0 Å². The maximum Gasteiger partial charge on any atom is 0.277 e. The molecule has 11 heteroatoms.